The normalized spacial score (nSPS) is 9.78. The number of rotatable bonds is 2. The summed E-state index contributed by atoms with van der Waals surface area (Å²) in [6.07, 6.45) is 0. The molecule has 18 heavy (non-hydrogen) atoms. The molecule has 0 bridgehead atoms. The summed E-state index contributed by atoms with van der Waals surface area (Å²) in [7, 11) is 0. The van der Waals surface area contributed by atoms with Crippen molar-refractivity contribution in [3.63, 3.8) is 0 Å². The van der Waals surface area contributed by atoms with E-state index in [0.29, 0.717) is 0 Å². The first-order valence-electron chi connectivity index (χ1n) is 5.67. The number of para-hydroxylation sites is 1. The molecule has 0 unspecified atom stereocenters. The second kappa shape index (κ2) is 6.13. The van der Waals surface area contributed by atoms with Gasteiger partial charge in [-0.15, -0.1) is 11.4 Å². The van der Waals surface area contributed by atoms with Crippen LogP contribution in [0.4, 0.5) is 11.4 Å². The second-order valence-corrected chi connectivity index (χ2v) is 3.98. The van der Waals surface area contributed by atoms with Crippen molar-refractivity contribution in [2.24, 2.45) is 0 Å². The fourth-order valence-electron chi connectivity index (χ4n) is 1.90. The van der Waals surface area contributed by atoms with E-state index >= 15 is 0 Å². The summed E-state index contributed by atoms with van der Waals surface area (Å²) < 4.78 is 0. The third kappa shape index (κ3) is 2.98. The van der Waals surface area contributed by atoms with E-state index in [2.05, 4.69) is 47.8 Å². The van der Waals surface area contributed by atoms with Gasteiger partial charge in [-0.05, 0) is 10.8 Å². The molecule has 0 saturated heterocycles. The van der Waals surface area contributed by atoms with Gasteiger partial charge < -0.3 is 5.32 Å². The molecule has 0 aliphatic carbocycles. The van der Waals surface area contributed by atoms with Gasteiger partial charge in [0.05, 0.1) is 0 Å². The van der Waals surface area contributed by atoms with Crippen molar-refractivity contribution >= 4 is 22.1 Å². The molecule has 85 valence electrons. The molecule has 3 aromatic carbocycles. The topological polar surface area (TPSA) is 14.1 Å². The molecule has 1 nitrogen and oxygen atoms in total. The van der Waals surface area contributed by atoms with Crippen molar-refractivity contribution in [2.45, 2.75) is 0 Å². The molecule has 2 heteroatoms. The van der Waals surface area contributed by atoms with Gasteiger partial charge in [0.15, 0.2) is 0 Å². The van der Waals surface area contributed by atoms with Crippen LogP contribution in [0.2, 0.25) is 0 Å². The van der Waals surface area contributed by atoms with Gasteiger partial charge in [-0.2, -0.15) is 0 Å². The SMILES string of the molecule is [Y].c1ccc([N-]c2ccc3ccccc3c2)cc1. The van der Waals surface area contributed by atoms with Crippen LogP contribution < -0.4 is 0 Å². The third-order valence-electron chi connectivity index (χ3n) is 2.75. The molecule has 0 aliphatic rings. The number of nitrogens with zero attached hydrogens (tertiary/aromatic N) is 1. The first-order chi connectivity index (χ1) is 8.42. The van der Waals surface area contributed by atoms with Crippen LogP contribution in [0.25, 0.3) is 16.1 Å². The maximum atomic E-state index is 4.59. The average molecular weight is 307 g/mol. The molecule has 3 aromatic rings. The molecule has 0 N–H and O–H groups in total. The van der Waals surface area contributed by atoms with Gasteiger partial charge >= 0.3 is 0 Å². The minimum Gasteiger partial charge on any atom is -0.658 e. The zero-order valence-corrected chi connectivity index (χ0v) is 12.8. The smallest absolute Gasteiger partial charge is 0 e. The van der Waals surface area contributed by atoms with E-state index in [1.54, 1.807) is 0 Å². The molecule has 0 aromatic heterocycles. The monoisotopic (exact) mass is 307 g/mol. The molecule has 0 atom stereocenters. The Labute approximate surface area is 132 Å². The molecule has 0 spiro atoms. The predicted octanol–water partition coefficient (Wildman–Crippen LogP) is 5.17. The number of hydrogen-bond donors (Lipinski definition) is 0. The Balaban J connectivity index is 0.00000120. The summed E-state index contributed by atoms with van der Waals surface area (Å²) in [4.78, 5) is 0. The Morgan fingerprint density at radius 2 is 1.22 bits per heavy atom. The van der Waals surface area contributed by atoms with E-state index in [9.17, 15) is 0 Å². The molecule has 0 amide bonds. The van der Waals surface area contributed by atoms with E-state index in [1.807, 2.05) is 30.3 Å². The number of fused-ring (bicyclic) bond motifs is 1. The molecular formula is C16H12NY-. The van der Waals surface area contributed by atoms with Crippen molar-refractivity contribution in [3.05, 3.63) is 78.1 Å². The predicted molar refractivity (Wildman–Crippen MR) is 73.1 cm³/mol. The van der Waals surface area contributed by atoms with Crippen molar-refractivity contribution in [1.82, 2.24) is 0 Å². The van der Waals surface area contributed by atoms with Gasteiger partial charge in [0.2, 0.25) is 0 Å². The Kier molecular flexibility index (Phi) is 4.51. The number of benzene rings is 3. The first-order valence-corrected chi connectivity index (χ1v) is 5.67. The maximum absolute atomic E-state index is 4.59. The molecule has 3 rings (SSSR count). The van der Waals surface area contributed by atoms with E-state index in [4.69, 9.17) is 0 Å². The maximum Gasteiger partial charge on any atom is 0 e. The third-order valence-corrected chi connectivity index (χ3v) is 2.75. The second-order valence-electron chi connectivity index (χ2n) is 3.98. The molecule has 1 radical (unpaired) electrons. The fraction of sp³-hybridized carbons (Fsp3) is 0. The summed E-state index contributed by atoms with van der Waals surface area (Å²) in [6, 6.07) is 24.6. The van der Waals surface area contributed by atoms with Crippen LogP contribution in [0.15, 0.2) is 72.8 Å². The van der Waals surface area contributed by atoms with Crippen LogP contribution in [-0.4, -0.2) is 0 Å². The molecule has 0 saturated carbocycles. The van der Waals surface area contributed by atoms with Gasteiger partial charge in [0.25, 0.3) is 0 Å². The summed E-state index contributed by atoms with van der Waals surface area (Å²) >= 11 is 0. The average Bonchev–Trinajstić information content (AvgIpc) is 2.40. The zero-order chi connectivity index (χ0) is 11.5. The number of hydrogen-bond acceptors (Lipinski definition) is 0. The Hall–Kier alpha value is -1.18. The molecule has 0 heterocycles. The van der Waals surface area contributed by atoms with Crippen molar-refractivity contribution < 1.29 is 32.7 Å². The zero-order valence-electron chi connectivity index (χ0n) is 9.95. The Morgan fingerprint density at radius 3 is 2.00 bits per heavy atom. The molecule has 0 aliphatic heterocycles. The summed E-state index contributed by atoms with van der Waals surface area (Å²) in [5.41, 5.74) is 1.98. The van der Waals surface area contributed by atoms with Crippen LogP contribution in [-0.2, 0) is 32.7 Å². The van der Waals surface area contributed by atoms with Gasteiger partial charge in [0, 0.05) is 32.7 Å². The van der Waals surface area contributed by atoms with Crippen LogP contribution in [0.3, 0.4) is 0 Å². The molecule has 0 fully saturated rings. The van der Waals surface area contributed by atoms with Crippen LogP contribution in [0, 0.1) is 0 Å². The van der Waals surface area contributed by atoms with E-state index < -0.39 is 0 Å². The van der Waals surface area contributed by atoms with E-state index in [1.165, 1.54) is 10.8 Å². The summed E-state index contributed by atoms with van der Waals surface area (Å²) in [5.74, 6) is 0. The van der Waals surface area contributed by atoms with Gasteiger partial charge in [-0.25, -0.2) is 0 Å². The minimum absolute atomic E-state index is 0. The van der Waals surface area contributed by atoms with Crippen molar-refractivity contribution in [1.29, 1.82) is 0 Å². The summed E-state index contributed by atoms with van der Waals surface area (Å²) in [5, 5.41) is 7.07. The van der Waals surface area contributed by atoms with Gasteiger partial charge in [-0.3, -0.25) is 0 Å². The minimum atomic E-state index is 0. The van der Waals surface area contributed by atoms with Crippen molar-refractivity contribution in [2.75, 3.05) is 0 Å². The van der Waals surface area contributed by atoms with Crippen LogP contribution in [0.5, 0.6) is 0 Å². The van der Waals surface area contributed by atoms with E-state index in [0.717, 1.165) is 11.4 Å². The van der Waals surface area contributed by atoms with Crippen molar-refractivity contribution in [3.8, 4) is 0 Å². The van der Waals surface area contributed by atoms with Gasteiger partial charge in [0.1, 0.15) is 0 Å². The quantitative estimate of drug-likeness (QED) is 0.620. The first kappa shape index (κ1) is 13.3. The molecular weight excluding hydrogens is 295 g/mol. The van der Waals surface area contributed by atoms with Crippen LogP contribution in [0.1, 0.15) is 0 Å². The van der Waals surface area contributed by atoms with Crippen LogP contribution >= 0.6 is 0 Å². The largest absolute Gasteiger partial charge is 0.658 e. The standard InChI is InChI=1S/C16H12N.Y/c1-2-8-15(9-3-1)17-16-11-10-13-6-4-5-7-14(13)12-16;/h1-12H;/q-1;. The van der Waals surface area contributed by atoms with Gasteiger partial charge in [-0.1, -0.05) is 72.8 Å². The Morgan fingerprint density at radius 1 is 0.556 bits per heavy atom. The Bertz CT molecular complexity index is 635. The van der Waals surface area contributed by atoms with E-state index in [-0.39, 0.29) is 32.7 Å². The summed E-state index contributed by atoms with van der Waals surface area (Å²) in [6.45, 7) is 0. The fourth-order valence-corrected chi connectivity index (χ4v) is 1.90.